The van der Waals surface area contributed by atoms with Gasteiger partial charge in [-0.15, -0.1) is 0 Å². The third kappa shape index (κ3) is 5.84. The normalized spacial score (nSPS) is 11.8. The third-order valence-corrected chi connectivity index (χ3v) is 3.74. The molecule has 1 amide bonds. The van der Waals surface area contributed by atoms with Crippen LogP contribution >= 0.6 is 0 Å². The van der Waals surface area contributed by atoms with Crippen LogP contribution in [0.25, 0.3) is 6.08 Å². The van der Waals surface area contributed by atoms with Crippen molar-refractivity contribution >= 4 is 12.0 Å². The molecular weight excluding hydrogens is 330 g/mol. The molecule has 0 radical (unpaired) electrons. The number of methoxy groups -OCH3 is 2. The van der Waals surface area contributed by atoms with Gasteiger partial charge in [0, 0.05) is 6.08 Å². The summed E-state index contributed by atoms with van der Waals surface area (Å²) in [5.41, 5.74) is 2.03. The monoisotopic (exact) mass is 355 g/mol. The van der Waals surface area contributed by atoms with E-state index in [4.69, 9.17) is 14.2 Å². The van der Waals surface area contributed by atoms with Gasteiger partial charge in [-0.1, -0.05) is 23.8 Å². The Morgan fingerprint density at radius 2 is 1.77 bits per heavy atom. The van der Waals surface area contributed by atoms with Gasteiger partial charge in [0.2, 0.25) is 5.91 Å². The Morgan fingerprint density at radius 1 is 1.08 bits per heavy atom. The first-order chi connectivity index (χ1) is 12.5. The first kappa shape index (κ1) is 19.4. The van der Waals surface area contributed by atoms with E-state index in [1.54, 1.807) is 26.4 Å². The number of amides is 1. The second kappa shape index (κ2) is 9.51. The molecular formula is C21H25NO4. The number of benzene rings is 2. The Morgan fingerprint density at radius 3 is 2.42 bits per heavy atom. The van der Waals surface area contributed by atoms with Crippen molar-refractivity contribution < 1.29 is 19.0 Å². The largest absolute Gasteiger partial charge is 0.493 e. The lowest BCUT2D eigenvalue weighted by atomic mass is 10.2. The number of nitrogens with one attached hydrogen (secondary N) is 1. The molecule has 5 nitrogen and oxygen atoms in total. The lowest BCUT2D eigenvalue weighted by Crippen LogP contribution is -2.35. The number of carbonyl (C=O) groups is 1. The molecule has 0 fully saturated rings. The molecule has 5 heteroatoms. The zero-order chi connectivity index (χ0) is 18.9. The molecule has 0 aliphatic carbocycles. The van der Waals surface area contributed by atoms with E-state index < -0.39 is 0 Å². The van der Waals surface area contributed by atoms with Crippen LogP contribution in [0.15, 0.2) is 48.5 Å². The van der Waals surface area contributed by atoms with E-state index >= 15 is 0 Å². The molecule has 2 aromatic rings. The van der Waals surface area contributed by atoms with Crippen molar-refractivity contribution in [3.63, 3.8) is 0 Å². The van der Waals surface area contributed by atoms with Gasteiger partial charge < -0.3 is 19.5 Å². The molecule has 0 aromatic heterocycles. The molecule has 0 bridgehead atoms. The summed E-state index contributed by atoms with van der Waals surface area (Å²) in [5, 5.41) is 2.88. The molecule has 0 aliphatic rings. The molecule has 0 saturated carbocycles. The van der Waals surface area contributed by atoms with E-state index in [0.717, 1.165) is 11.3 Å². The molecule has 1 atom stereocenters. The Bertz CT molecular complexity index is 753. The van der Waals surface area contributed by atoms with Crippen LogP contribution in [0.3, 0.4) is 0 Å². The van der Waals surface area contributed by atoms with Crippen molar-refractivity contribution in [2.75, 3.05) is 20.8 Å². The smallest absolute Gasteiger partial charge is 0.244 e. The average molecular weight is 355 g/mol. The molecule has 0 aliphatic heterocycles. The predicted octanol–water partition coefficient (Wildman–Crippen LogP) is 3.61. The van der Waals surface area contributed by atoms with Crippen LogP contribution in [0.1, 0.15) is 18.1 Å². The van der Waals surface area contributed by atoms with Crippen molar-refractivity contribution in [3.05, 3.63) is 59.7 Å². The van der Waals surface area contributed by atoms with Gasteiger partial charge in [0.15, 0.2) is 11.5 Å². The zero-order valence-electron chi connectivity index (χ0n) is 15.6. The quantitative estimate of drug-likeness (QED) is 0.735. The standard InChI is InChI=1S/C21H25NO4/c1-15-5-9-18(10-6-15)26-14-16(2)22-21(23)12-8-17-7-11-19(24-3)20(13-17)25-4/h5-13,16H,14H2,1-4H3,(H,22,23)/b12-8+. The Labute approximate surface area is 154 Å². The van der Waals surface area contributed by atoms with Crippen molar-refractivity contribution in [1.82, 2.24) is 5.32 Å². The van der Waals surface area contributed by atoms with Gasteiger partial charge in [-0.05, 0) is 49.8 Å². The minimum absolute atomic E-state index is 0.112. The number of rotatable bonds is 8. The summed E-state index contributed by atoms with van der Waals surface area (Å²) in [6, 6.07) is 13.2. The highest BCUT2D eigenvalue weighted by Crippen LogP contribution is 2.27. The SMILES string of the molecule is COc1ccc(/C=C/C(=O)NC(C)COc2ccc(C)cc2)cc1OC. The molecule has 0 saturated heterocycles. The minimum atomic E-state index is -0.181. The summed E-state index contributed by atoms with van der Waals surface area (Å²) < 4.78 is 16.1. The van der Waals surface area contributed by atoms with Crippen molar-refractivity contribution in [2.24, 2.45) is 0 Å². The van der Waals surface area contributed by atoms with Crippen LogP contribution in [-0.4, -0.2) is 32.8 Å². The summed E-state index contributed by atoms with van der Waals surface area (Å²) in [6.07, 6.45) is 3.22. The van der Waals surface area contributed by atoms with Gasteiger partial charge in [0.25, 0.3) is 0 Å². The summed E-state index contributed by atoms with van der Waals surface area (Å²) in [5.74, 6) is 1.88. The van der Waals surface area contributed by atoms with E-state index in [2.05, 4.69) is 5.32 Å². The summed E-state index contributed by atoms with van der Waals surface area (Å²) in [4.78, 5) is 12.1. The summed E-state index contributed by atoms with van der Waals surface area (Å²) >= 11 is 0. The second-order valence-electron chi connectivity index (χ2n) is 5.98. The maximum absolute atomic E-state index is 12.1. The number of hydrogen-bond donors (Lipinski definition) is 1. The lowest BCUT2D eigenvalue weighted by Gasteiger charge is -2.14. The van der Waals surface area contributed by atoms with Crippen molar-refractivity contribution in [1.29, 1.82) is 0 Å². The minimum Gasteiger partial charge on any atom is -0.493 e. The molecule has 2 rings (SSSR count). The van der Waals surface area contributed by atoms with Crippen LogP contribution in [0.5, 0.6) is 17.2 Å². The van der Waals surface area contributed by atoms with E-state index in [9.17, 15) is 4.79 Å². The first-order valence-electron chi connectivity index (χ1n) is 8.42. The average Bonchev–Trinajstić information content (AvgIpc) is 2.65. The third-order valence-electron chi connectivity index (χ3n) is 3.74. The second-order valence-corrected chi connectivity index (χ2v) is 5.98. The molecule has 138 valence electrons. The fourth-order valence-electron chi connectivity index (χ4n) is 2.32. The molecule has 0 spiro atoms. The highest BCUT2D eigenvalue weighted by atomic mass is 16.5. The fourth-order valence-corrected chi connectivity index (χ4v) is 2.32. The zero-order valence-corrected chi connectivity index (χ0v) is 15.6. The molecule has 1 N–H and O–H groups in total. The van der Waals surface area contributed by atoms with E-state index in [0.29, 0.717) is 18.1 Å². The maximum Gasteiger partial charge on any atom is 0.244 e. The van der Waals surface area contributed by atoms with Crippen LogP contribution in [0.4, 0.5) is 0 Å². The number of carbonyl (C=O) groups excluding carboxylic acids is 1. The topological polar surface area (TPSA) is 56.8 Å². The number of aryl methyl sites for hydroxylation is 1. The van der Waals surface area contributed by atoms with Gasteiger partial charge in [-0.25, -0.2) is 0 Å². The van der Waals surface area contributed by atoms with Crippen LogP contribution in [0.2, 0.25) is 0 Å². The van der Waals surface area contributed by atoms with Gasteiger partial charge in [0.1, 0.15) is 12.4 Å². The van der Waals surface area contributed by atoms with E-state index in [1.807, 2.05) is 50.2 Å². The molecule has 26 heavy (non-hydrogen) atoms. The number of ether oxygens (including phenoxy) is 3. The predicted molar refractivity (Wildman–Crippen MR) is 103 cm³/mol. The van der Waals surface area contributed by atoms with Crippen molar-refractivity contribution in [3.8, 4) is 17.2 Å². The Hall–Kier alpha value is -2.95. The highest BCUT2D eigenvalue weighted by molar-refractivity contribution is 5.92. The number of hydrogen-bond acceptors (Lipinski definition) is 4. The summed E-state index contributed by atoms with van der Waals surface area (Å²) in [7, 11) is 3.16. The van der Waals surface area contributed by atoms with Crippen LogP contribution < -0.4 is 19.5 Å². The highest BCUT2D eigenvalue weighted by Gasteiger charge is 2.07. The Kier molecular flexibility index (Phi) is 7.09. The van der Waals surface area contributed by atoms with Gasteiger partial charge >= 0.3 is 0 Å². The maximum atomic E-state index is 12.1. The van der Waals surface area contributed by atoms with E-state index in [1.165, 1.54) is 11.6 Å². The van der Waals surface area contributed by atoms with Crippen LogP contribution in [0, 0.1) is 6.92 Å². The van der Waals surface area contributed by atoms with Gasteiger partial charge in [-0.3, -0.25) is 4.79 Å². The van der Waals surface area contributed by atoms with Crippen molar-refractivity contribution in [2.45, 2.75) is 19.9 Å². The fraction of sp³-hybridized carbons (Fsp3) is 0.286. The Balaban J connectivity index is 1.85. The van der Waals surface area contributed by atoms with Gasteiger partial charge in [0.05, 0.1) is 20.3 Å². The first-order valence-corrected chi connectivity index (χ1v) is 8.42. The molecule has 2 aromatic carbocycles. The van der Waals surface area contributed by atoms with E-state index in [-0.39, 0.29) is 11.9 Å². The lowest BCUT2D eigenvalue weighted by molar-refractivity contribution is -0.117. The van der Waals surface area contributed by atoms with Gasteiger partial charge in [-0.2, -0.15) is 0 Å². The molecule has 0 heterocycles. The molecule has 1 unspecified atom stereocenters. The summed E-state index contributed by atoms with van der Waals surface area (Å²) in [6.45, 7) is 4.33. The van der Waals surface area contributed by atoms with Crippen LogP contribution in [-0.2, 0) is 4.79 Å².